The van der Waals surface area contributed by atoms with Crippen molar-refractivity contribution in [3.8, 4) is 0 Å². The van der Waals surface area contributed by atoms with E-state index in [1.807, 2.05) is 42.5 Å². The van der Waals surface area contributed by atoms with Crippen molar-refractivity contribution in [2.45, 2.75) is 19.4 Å². The zero-order valence-electron chi connectivity index (χ0n) is 15.4. The van der Waals surface area contributed by atoms with Gasteiger partial charge in [-0.1, -0.05) is 42.5 Å². The summed E-state index contributed by atoms with van der Waals surface area (Å²) in [5, 5.41) is 7.01. The molecule has 1 fully saturated rings. The third kappa shape index (κ3) is 4.46. The molecule has 8 nitrogen and oxygen atoms in total. The van der Waals surface area contributed by atoms with Gasteiger partial charge in [0, 0.05) is 13.1 Å². The Morgan fingerprint density at radius 1 is 1.18 bits per heavy atom. The van der Waals surface area contributed by atoms with Crippen molar-refractivity contribution in [1.29, 1.82) is 0 Å². The second-order valence-corrected chi connectivity index (χ2v) is 6.45. The first-order chi connectivity index (χ1) is 13.5. The van der Waals surface area contributed by atoms with Gasteiger partial charge in [0.15, 0.2) is 6.10 Å². The molecule has 4 amide bonds. The molecule has 1 aliphatic rings. The smallest absolute Gasteiger partial charge is 0.326 e. The van der Waals surface area contributed by atoms with Crippen LogP contribution in [0, 0.1) is 0 Å². The fraction of sp³-hybridized carbons (Fsp3) is 0.300. The fourth-order valence-corrected chi connectivity index (χ4v) is 3.04. The predicted molar refractivity (Wildman–Crippen MR) is 101 cm³/mol. The van der Waals surface area contributed by atoms with Crippen LogP contribution in [0.1, 0.15) is 12.5 Å². The molecule has 2 aromatic rings. The number of carbonyl (C=O) groups is 4. The lowest BCUT2D eigenvalue weighted by atomic mass is 10.0. The Hall–Kier alpha value is -3.42. The molecule has 0 aliphatic carbocycles. The summed E-state index contributed by atoms with van der Waals surface area (Å²) in [6, 6.07) is 12.9. The van der Waals surface area contributed by atoms with Gasteiger partial charge in [-0.25, -0.2) is 4.79 Å². The molecule has 2 aromatic carbocycles. The number of carbonyl (C=O) groups excluding carboxylic acids is 4. The fourth-order valence-electron chi connectivity index (χ4n) is 3.04. The molecule has 0 aromatic heterocycles. The molecule has 1 atom stereocenters. The van der Waals surface area contributed by atoms with E-state index in [1.165, 1.54) is 6.92 Å². The van der Waals surface area contributed by atoms with Crippen molar-refractivity contribution in [3.05, 3.63) is 48.0 Å². The standard InChI is InChI=1S/C20H21N3O5/c1-13(19(26)23-10-9-21-20(23)27)28-18(25)12-22-17(24)11-15-7-4-6-14-5-2-3-8-16(14)15/h2-8,13H,9-12H2,1H3,(H,21,27)(H,22,24)/t13-/m0/s1. The van der Waals surface area contributed by atoms with E-state index in [-0.39, 0.29) is 25.4 Å². The van der Waals surface area contributed by atoms with Crippen molar-refractivity contribution < 1.29 is 23.9 Å². The molecule has 0 radical (unpaired) electrons. The lowest BCUT2D eigenvalue weighted by molar-refractivity contribution is -0.157. The quantitative estimate of drug-likeness (QED) is 0.724. The lowest BCUT2D eigenvalue weighted by Gasteiger charge is -2.18. The number of nitrogens with one attached hydrogen (secondary N) is 2. The summed E-state index contributed by atoms with van der Waals surface area (Å²) in [5.74, 6) is -1.66. The minimum absolute atomic E-state index is 0.122. The van der Waals surface area contributed by atoms with E-state index in [1.54, 1.807) is 0 Å². The van der Waals surface area contributed by atoms with Crippen LogP contribution in [0.2, 0.25) is 0 Å². The van der Waals surface area contributed by atoms with Crippen molar-refractivity contribution in [3.63, 3.8) is 0 Å². The van der Waals surface area contributed by atoms with E-state index in [9.17, 15) is 19.2 Å². The number of fused-ring (bicyclic) bond motifs is 1. The van der Waals surface area contributed by atoms with Crippen LogP contribution in [0.4, 0.5) is 4.79 Å². The molecule has 3 rings (SSSR count). The van der Waals surface area contributed by atoms with Gasteiger partial charge in [0.25, 0.3) is 5.91 Å². The summed E-state index contributed by atoms with van der Waals surface area (Å²) in [6.07, 6.45) is -0.983. The van der Waals surface area contributed by atoms with Crippen LogP contribution < -0.4 is 10.6 Å². The van der Waals surface area contributed by atoms with Crippen LogP contribution in [0.25, 0.3) is 10.8 Å². The zero-order chi connectivity index (χ0) is 20.1. The van der Waals surface area contributed by atoms with Crippen LogP contribution in [0.15, 0.2) is 42.5 Å². The van der Waals surface area contributed by atoms with Gasteiger partial charge >= 0.3 is 12.0 Å². The van der Waals surface area contributed by atoms with Gasteiger partial charge in [-0.05, 0) is 23.3 Å². The molecule has 8 heteroatoms. The highest BCUT2D eigenvalue weighted by Gasteiger charge is 2.31. The first kappa shape index (κ1) is 19.3. The molecular weight excluding hydrogens is 362 g/mol. The number of rotatable bonds is 6. The molecule has 0 saturated carbocycles. The SMILES string of the molecule is C[C@H](OC(=O)CNC(=O)Cc1cccc2ccccc12)C(=O)N1CCNC1=O. The predicted octanol–water partition coefficient (Wildman–Crippen LogP) is 0.982. The van der Waals surface area contributed by atoms with Crippen molar-refractivity contribution in [1.82, 2.24) is 15.5 Å². The Bertz CT molecular complexity index is 922. The number of hydrogen-bond acceptors (Lipinski definition) is 5. The summed E-state index contributed by atoms with van der Waals surface area (Å²) in [7, 11) is 0. The van der Waals surface area contributed by atoms with Crippen molar-refractivity contribution >= 4 is 34.6 Å². The number of urea groups is 1. The summed E-state index contributed by atoms with van der Waals surface area (Å²) < 4.78 is 5.02. The Morgan fingerprint density at radius 3 is 2.68 bits per heavy atom. The zero-order valence-corrected chi connectivity index (χ0v) is 15.4. The van der Waals surface area contributed by atoms with Gasteiger partial charge in [0.05, 0.1) is 6.42 Å². The van der Waals surface area contributed by atoms with E-state index in [0.717, 1.165) is 21.2 Å². The first-order valence-electron chi connectivity index (χ1n) is 8.97. The maximum absolute atomic E-state index is 12.2. The van der Waals surface area contributed by atoms with Crippen LogP contribution in [-0.2, 0) is 25.5 Å². The lowest BCUT2D eigenvalue weighted by Crippen LogP contribution is -2.43. The molecule has 1 saturated heterocycles. The third-order valence-electron chi connectivity index (χ3n) is 4.44. The molecular formula is C20H21N3O5. The second-order valence-electron chi connectivity index (χ2n) is 6.45. The normalized spacial score (nSPS) is 14.5. The number of esters is 1. The summed E-state index contributed by atoms with van der Waals surface area (Å²) >= 11 is 0. The monoisotopic (exact) mass is 383 g/mol. The average Bonchev–Trinajstić information content (AvgIpc) is 3.12. The minimum Gasteiger partial charge on any atom is -0.451 e. The largest absolute Gasteiger partial charge is 0.451 e. The number of benzene rings is 2. The van der Waals surface area contributed by atoms with E-state index in [4.69, 9.17) is 4.74 Å². The number of amides is 4. The van der Waals surface area contributed by atoms with Crippen LogP contribution in [-0.4, -0.2) is 54.5 Å². The molecule has 0 spiro atoms. The Morgan fingerprint density at radius 2 is 1.93 bits per heavy atom. The van der Waals surface area contributed by atoms with Crippen LogP contribution in [0.5, 0.6) is 0 Å². The first-order valence-corrected chi connectivity index (χ1v) is 8.97. The summed E-state index contributed by atoms with van der Waals surface area (Å²) in [5.41, 5.74) is 0.854. The van der Waals surface area contributed by atoms with Gasteiger partial charge in [0.2, 0.25) is 5.91 Å². The number of imide groups is 1. The Labute approximate surface area is 161 Å². The van der Waals surface area contributed by atoms with Gasteiger partial charge in [-0.15, -0.1) is 0 Å². The van der Waals surface area contributed by atoms with E-state index in [2.05, 4.69) is 10.6 Å². The van der Waals surface area contributed by atoms with Gasteiger partial charge in [-0.2, -0.15) is 0 Å². The molecule has 0 unspecified atom stereocenters. The maximum atomic E-state index is 12.2. The Kier molecular flexibility index (Phi) is 5.88. The van der Waals surface area contributed by atoms with Gasteiger partial charge in [-0.3, -0.25) is 19.3 Å². The number of hydrogen-bond donors (Lipinski definition) is 2. The average molecular weight is 383 g/mol. The topological polar surface area (TPSA) is 105 Å². The molecule has 2 N–H and O–H groups in total. The van der Waals surface area contributed by atoms with Crippen molar-refractivity contribution in [2.75, 3.05) is 19.6 Å². The van der Waals surface area contributed by atoms with Gasteiger partial charge in [0.1, 0.15) is 6.54 Å². The summed E-state index contributed by atoms with van der Waals surface area (Å²) in [4.78, 5) is 48.7. The highest BCUT2D eigenvalue weighted by Crippen LogP contribution is 2.18. The molecule has 146 valence electrons. The van der Waals surface area contributed by atoms with E-state index in [0.29, 0.717) is 6.54 Å². The molecule has 1 aliphatic heterocycles. The van der Waals surface area contributed by atoms with E-state index >= 15 is 0 Å². The highest BCUT2D eigenvalue weighted by atomic mass is 16.5. The molecule has 28 heavy (non-hydrogen) atoms. The Balaban J connectivity index is 1.49. The second kappa shape index (κ2) is 8.51. The van der Waals surface area contributed by atoms with Crippen LogP contribution in [0.3, 0.4) is 0 Å². The maximum Gasteiger partial charge on any atom is 0.326 e. The number of ether oxygens (including phenoxy) is 1. The number of nitrogens with zero attached hydrogens (tertiary/aromatic N) is 1. The molecule has 0 bridgehead atoms. The van der Waals surface area contributed by atoms with Crippen molar-refractivity contribution in [2.24, 2.45) is 0 Å². The van der Waals surface area contributed by atoms with Crippen LogP contribution >= 0.6 is 0 Å². The summed E-state index contributed by atoms with van der Waals surface area (Å²) in [6.45, 7) is 1.65. The minimum atomic E-state index is -1.11. The highest BCUT2D eigenvalue weighted by molar-refractivity contribution is 5.98. The molecule has 1 heterocycles. The third-order valence-corrected chi connectivity index (χ3v) is 4.44. The van der Waals surface area contributed by atoms with Gasteiger partial charge < -0.3 is 15.4 Å². The van der Waals surface area contributed by atoms with E-state index < -0.39 is 24.0 Å².